The summed E-state index contributed by atoms with van der Waals surface area (Å²) in [5.41, 5.74) is 1.18. The Morgan fingerprint density at radius 3 is 2.58 bits per heavy atom. The number of guanidine groups is 1. The molecule has 1 aliphatic heterocycles. The molecule has 2 aromatic rings. The summed E-state index contributed by atoms with van der Waals surface area (Å²) in [4.78, 5) is 18.3. The first-order valence-electron chi connectivity index (χ1n) is 9.04. The number of pyridine rings is 1. The van der Waals surface area contributed by atoms with Crippen LogP contribution >= 0.6 is 11.3 Å². The normalized spacial score (nSPS) is 16.1. The minimum Gasteiger partial charge on any atom is -0.353 e. The Morgan fingerprint density at radius 2 is 2.00 bits per heavy atom. The summed E-state index contributed by atoms with van der Waals surface area (Å²) < 4.78 is 0. The van der Waals surface area contributed by atoms with Crippen molar-refractivity contribution in [2.75, 3.05) is 38.1 Å². The number of nitrogens with zero attached hydrogens (tertiary/aromatic N) is 5. The molecule has 1 fully saturated rings. The van der Waals surface area contributed by atoms with Gasteiger partial charge < -0.3 is 15.1 Å². The molecular weight excluding hydrogens is 344 g/mol. The second-order valence-corrected chi connectivity index (χ2v) is 8.31. The van der Waals surface area contributed by atoms with Gasteiger partial charge >= 0.3 is 0 Å². The van der Waals surface area contributed by atoms with E-state index in [9.17, 15) is 0 Å². The summed E-state index contributed by atoms with van der Waals surface area (Å²) in [7, 11) is 1.84. The highest BCUT2D eigenvalue weighted by Gasteiger charge is 2.21. The maximum atomic E-state index is 4.75. The Labute approximate surface area is 160 Å². The molecule has 3 heterocycles. The van der Waals surface area contributed by atoms with Gasteiger partial charge in [-0.1, -0.05) is 26.8 Å². The summed E-state index contributed by atoms with van der Waals surface area (Å²) in [6.07, 6.45) is 1.85. The maximum absolute atomic E-state index is 4.75. The predicted octanol–water partition coefficient (Wildman–Crippen LogP) is 2.73. The molecule has 2 aromatic heterocycles. The first kappa shape index (κ1) is 18.6. The zero-order valence-electron chi connectivity index (χ0n) is 16.1. The summed E-state index contributed by atoms with van der Waals surface area (Å²) in [5, 5.41) is 6.77. The number of hydrogen-bond acceptors (Lipinski definition) is 5. The minimum atomic E-state index is 0.104. The molecule has 0 atom stereocenters. The van der Waals surface area contributed by atoms with Crippen LogP contribution in [0.5, 0.6) is 0 Å². The molecule has 0 bridgehead atoms. The van der Waals surface area contributed by atoms with Gasteiger partial charge in [-0.3, -0.25) is 4.99 Å². The Bertz CT molecular complexity index is 726. The molecule has 1 aliphatic rings. The molecule has 0 radical (unpaired) electrons. The molecule has 140 valence electrons. The van der Waals surface area contributed by atoms with Crippen molar-refractivity contribution in [3.8, 4) is 0 Å². The SMILES string of the molecule is CN=C(NCc1csc(C(C)(C)C)n1)N1CCN(c2ccccn2)CC1. The van der Waals surface area contributed by atoms with Crippen molar-refractivity contribution >= 4 is 23.1 Å². The molecule has 0 spiro atoms. The summed E-state index contributed by atoms with van der Waals surface area (Å²) in [5.74, 6) is 1.99. The lowest BCUT2D eigenvalue weighted by Crippen LogP contribution is -2.52. The molecule has 0 amide bonds. The van der Waals surface area contributed by atoms with E-state index < -0.39 is 0 Å². The van der Waals surface area contributed by atoms with E-state index in [0.717, 1.165) is 43.7 Å². The second-order valence-electron chi connectivity index (χ2n) is 7.46. The monoisotopic (exact) mass is 372 g/mol. The summed E-state index contributed by atoms with van der Waals surface area (Å²) in [6.45, 7) is 11.1. The molecule has 26 heavy (non-hydrogen) atoms. The van der Waals surface area contributed by atoms with Crippen LogP contribution in [0.4, 0.5) is 5.82 Å². The van der Waals surface area contributed by atoms with Crippen LogP contribution in [-0.4, -0.2) is 54.1 Å². The van der Waals surface area contributed by atoms with Crippen LogP contribution in [0.2, 0.25) is 0 Å². The predicted molar refractivity (Wildman–Crippen MR) is 109 cm³/mol. The molecule has 0 unspecified atom stereocenters. The fourth-order valence-corrected chi connectivity index (χ4v) is 3.83. The number of piperazine rings is 1. The highest BCUT2D eigenvalue weighted by molar-refractivity contribution is 7.09. The maximum Gasteiger partial charge on any atom is 0.194 e. The number of rotatable bonds is 3. The number of thiazole rings is 1. The number of aliphatic imine (C=N–C) groups is 1. The average Bonchev–Trinajstić information content (AvgIpc) is 3.13. The van der Waals surface area contributed by atoms with E-state index in [4.69, 9.17) is 4.98 Å². The summed E-state index contributed by atoms with van der Waals surface area (Å²) in [6, 6.07) is 6.06. The van der Waals surface area contributed by atoms with E-state index in [1.54, 1.807) is 11.3 Å². The third-order valence-electron chi connectivity index (χ3n) is 4.39. The van der Waals surface area contributed by atoms with Crippen LogP contribution in [0, 0.1) is 0 Å². The van der Waals surface area contributed by atoms with Gasteiger partial charge in [0.15, 0.2) is 5.96 Å². The van der Waals surface area contributed by atoms with Crippen LogP contribution in [0.15, 0.2) is 34.8 Å². The van der Waals surface area contributed by atoms with E-state index in [0.29, 0.717) is 6.54 Å². The van der Waals surface area contributed by atoms with E-state index in [1.165, 1.54) is 5.01 Å². The first-order valence-corrected chi connectivity index (χ1v) is 9.92. The van der Waals surface area contributed by atoms with Gasteiger partial charge in [0, 0.05) is 50.2 Å². The smallest absolute Gasteiger partial charge is 0.194 e. The Hall–Kier alpha value is -2.15. The number of nitrogens with one attached hydrogen (secondary N) is 1. The largest absolute Gasteiger partial charge is 0.353 e. The second kappa shape index (κ2) is 8.03. The highest BCUT2D eigenvalue weighted by Crippen LogP contribution is 2.25. The van der Waals surface area contributed by atoms with Gasteiger partial charge in [0.2, 0.25) is 0 Å². The Kier molecular flexibility index (Phi) is 5.76. The lowest BCUT2D eigenvalue weighted by molar-refractivity contribution is 0.371. The molecule has 0 aromatic carbocycles. The third kappa shape index (κ3) is 4.52. The van der Waals surface area contributed by atoms with Crippen molar-refractivity contribution in [1.82, 2.24) is 20.2 Å². The zero-order chi connectivity index (χ0) is 18.6. The van der Waals surface area contributed by atoms with Crippen molar-refractivity contribution < 1.29 is 0 Å². The molecule has 1 N–H and O–H groups in total. The number of aromatic nitrogens is 2. The highest BCUT2D eigenvalue weighted by atomic mass is 32.1. The summed E-state index contributed by atoms with van der Waals surface area (Å²) >= 11 is 1.73. The van der Waals surface area contributed by atoms with Gasteiger partial charge in [0.05, 0.1) is 17.2 Å². The van der Waals surface area contributed by atoms with E-state index in [-0.39, 0.29) is 5.41 Å². The topological polar surface area (TPSA) is 56.7 Å². The van der Waals surface area contributed by atoms with Gasteiger partial charge in [0.25, 0.3) is 0 Å². The number of hydrogen-bond donors (Lipinski definition) is 1. The van der Waals surface area contributed by atoms with Gasteiger partial charge in [-0.25, -0.2) is 9.97 Å². The van der Waals surface area contributed by atoms with Crippen molar-refractivity contribution in [1.29, 1.82) is 0 Å². The molecule has 0 saturated carbocycles. The molecule has 3 rings (SSSR count). The molecule has 7 heteroatoms. The first-order chi connectivity index (χ1) is 12.5. The Balaban J connectivity index is 1.53. The quantitative estimate of drug-likeness (QED) is 0.663. The van der Waals surface area contributed by atoms with Crippen molar-refractivity contribution in [3.63, 3.8) is 0 Å². The van der Waals surface area contributed by atoms with Crippen LogP contribution in [-0.2, 0) is 12.0 Å². The van der Waals surface area contributed by atoms with Crippen LogP contribution in [0.3, 0.4) is 0 Å². The van der Waals surface area contributed by atoms with E-state index in [1.807, 2.05) is 25.4 Å². The molecule has 6 nitrogen and oxygen atoms in total. The fraction of sp³-hybridized carbons (Fsp3) is 0.526. The van der Waals surface area contributed by atoms with Crippen LogP contribution in [0.1, 0.15) is 31.5 Å². The lowest BCUT2D eigenvalue weighted by atomic mass is 9.98. The molecule has 1 saturated heterocycles. The van der Waals surface area contributed by atoms with Crippen molar-refractivity contribution in [2.45, 2.75) is 32.7 Å². The van der Waals surface area contributed by atoms with Crippen LogP contribution < -0.4 is 10.2 Å². The fourth-order valence-electron chi connectivity index (χ4n) is 2.92. The van der Waals surface area contributed by atoms with Crippen molar-refractivity contribution in [3.05, 3.63) is 40.5 Å². The van der Waals surface area contributed by atoms with Gasteiger partial charge in [-0.15, -0.1) is 11.3 Å². The van der Waals surface area contributed by atoms with Gasteiger partial charge in [-0.05, 0) is 12.1 Å². The van der Waals surface area contributed by atoms with Crippen LogP contribution in [0.25, 0.3) is 0 Å². The lowest BCUT2D eigenvalue weighted by Gasteiger charge is -2.37. The Morgan fingerprint density at radius 1 is 1.23 bits per heavy atom. The standard InChI is InChI=1S/C19H28N6S/c1-19(2,3)17-23-15(14-26-17)13-22-18(20-4)25-11-9-24(10-12-25)16-7-5-6-8-21-16/h5-8,14H,9-13H2,1-4H3,(H,20,22). The van der Waals surface area contributed by atoms with E-state index in [2.05, 4.69) is 57.3 Å². The minimum absolute atomic E-state index is 0.104. The molecule has 0 aliphatic carbocycles. The number of anilines is 1. The van der Waals surface area contributed by atoms with Gasteiger partial charge in [0.1, 0.15) is 5.82 Å². The average molecular weight is 373 g/mol. The zero-order valence-corrected chi connectivity index (χ0v) is 16.9. The molecular formula is C19H28N6S. The third-order valence-corrected chi connectivity index (χ3v) is 5.70. The van der Waals surface area contributed by atoms with E-state index >= 15 is 0 Å². The van der Waals surface area contributed by atoms with Crippen molar-refractivity contribution in [2.24, 2.45) is 4.99 Å². The van der Waals surface area contributed by atoms with Gasteiger partial charge in [-0.2, -0.15) is 0 Å².